The predicted molar refractivity (Wildman–Crippen MR) is 269 cm³/mol. The normalized spacial score (nSPS) is 19.8. The van der Waals surface area contributed by atoms with Gasteiger partial charge in [0.1, 0.15) is 43.2 Å². The number of rotatable bonds is 26. The molecule has 1 saturated carbocycles. The fourth-order valence-electron chi connectivity index (χ4n) is 5.53. The number of unbranched alkanes of at least 4 members (excludes halogenated alkanes) is 12. The van der Waals surface area contributed by atoms with Gasteiger partial charge in [0, 0.05) is 33.7 Å². The van der Waals surface area contributed by atoms with E-state index in [1.54, 1.807) is 0 Å². The van der Waals surface area contributed by atoms with Gasteiger partial charge in [-0.15, -0.1) is 6.42 Å². The molecule has 65 heavy (non-hydrogen) atoms. The van der Waals surface area contributed by atoms with E-state index in [1.807, 2.05) is 5.92 Å². The lowest BCUT2D eigenvalue weighted by Gasteiger charge is -2.44. The summed E-state index contributed by atoms with van der Waals surface area (Å²) < 4.78 is 64.5. The number of carbonyl (C=O) groups is 2. The summed E-state index contributed by atoms with van der Waals surface area (Å²) in [6, 6.07) is 0. The van der Waals surface area contributed by atoms with Gasteiger partial charge in [-0.05, 0) is 89.3 Å². The quantitative estimate of drug-likeness (QED) is 0.0163. The van der Waals surface area contributed by atoms with Crippen molar-refractivity contribution in [2.24, 2.45) is 0 Å². The Morgan fingerprint density at radius 2 is 0.969 bits per heavy atom. The average molecular weight is 1020 g/mol. The van der Waals surface area contributed by atoms with Crippen LogP contribution >= 0.6 is 37.0 Å². The zero-order chi connectivity index (χ0) is 47.9. The Bertz CT molecular complexity index is 2230. The van der Waals surface area contributed by atoms with Crippen molar-refractivity contribution in [3.63, 3.8) is 0 Å². The van der Waals surface area contributed by atoms with Gasteiger partial charge in [-0.25, -0.2) is 18.5 Å². The zero-order valence-corrected chi connectivity index (χ0v) is 39.0. The molecule has 1 fully saturated rings. The molecule has 0 saturated heterocycles. The minimum absolute atomic E-state index is 0. The molecule has 0 aliphatic heterocycles. The summed E-state index contributed by atoms with van der Waals surface area (Å²) in [6.07, 6.45) is 1.80. The first-order valence-electron chi connectivity index (χ1n) is 19.8. The molecular weight excluding hydrogens is 933 g/mol. The van der Waals surface area contributed by atoms with Crippen molar-refractivity contribution in [1.29, 1.82) is 0 Å². The predicted octanol–water partition coefficient (Wildman–Crippen LogP) is 5.94. The minimum Gasteiger partial charge on any atom is -0.456 e. The second kappa shape index (κ2) is 34.3. The maximum Gasteiger partial charge on any atom is 0.472 e. The van der Waals surface area contributed by atoms with Crippen LogP contribution in [-0.2, 0) is 50.9 Å². The van der Waals surface area contributed by atoms with E-state index in [0.29, 0.717) is 12.8 Å². The summed E-state index contributed by atoms with van der Waals surface area (Å²) >= 11 is 0. The Morgan fingerprint density at radius 3 is 1.42 bits per heavy atom. The lowest BCUT2D eigenvalue weighted by Crippen LogP contribution is -2.65. The van der Waals surface area contributed by atoms with Gasteiger partial charge in [0.25, 0.3) is 0 Å². The molecule has 0 aromatic carbocycles. The molecule has 0 aromatic heterocycles. The third-order valence-electron chi connectivity index (χ3n) is 8.39. The van der Waals surface area contributed by atoms with E-state index in [4.69, 9.17) is 24.9 Å². The van der Waals surface area contributed by atoms with Crippen LogP contribution in [0.25, 0.3) is 0 Å². The summed E-state index contributed by atoms with van der Waals surface area (Å²) in [5, 5.41) is 31.7. The number of aliphatic hydroxyl groups is 3. The van der Waals surface area contributed by atoms with E-state index in [1.165, 1.54) is 44.9 Å². The molecule has 0 radical (unpaired) electrons. The van der Waals surface area contributed by atoms with Crippen LogP contribution in [0.2, 0.25) is 0 Å². The molecule has 19 nitrogen and oxygen atoms in total. The minimum atomic E-state index is -5.64. The number of hydrogen-bond acceptors (Lipinski definition) is 14. The van der Waals surface area contributed by atoms with Crippen LogP contribution in [0.1, 0.15) is 118 Å². The van der Waals surface area contributed by atoms with Crippen LogP contribution in [0.4, 0.5) is 0 Å². The van der Waals surface area contributed by atoms with Crippen LogP contribution in [0.5, 0.6) is 0 Å². The molecule has 386 valence electrons. The molecular formula is C42H83O19P3S. The van der Waals surface area contributed by atoms with E-state index >= 15 is 0 Å². The highest BCUT2D eigenvalue weighted by Crippen LogP contribution is 2.51. The highest BCUT2D eigenvalue weighted by molar-refractivity contribution is 7.59. The van der Waals surface area contributed by atoms with Crippen molar-refractivity contribution in [1.82, 2.24) is 0 Å². The van der Waals surface area contributed by atoms with Crippen molar-refractivity contribution in [2.75, 3.05) is 13.2 Å². The maximum atomic E-state index is 13.0. The third-order valence-corrected chi connectivity index (χ3v) is 10.4. The van der Waals surface area contributed by atoms with Gasteiger partial charge in [-0.3, -0.25) is 22.9 Å². The Morgan fingerprint density at radius 1 is 0.569 bits per heavy atom. The molecule has 0 heterocycles. The van der Waals surface area contributed by atoms with Crippen molar-refractivity contribution in [3.05, 3.63) is 0 Å². The van der Waals surface area contributed by atoms with E-state index < -0.39 is 91.3 Å². The molecule has 8 atom stereocenters. The fraction of sp³-hybridized carbons (Fsp3) is 0.571. The van der Waals surface area contributed by atoms with Crippen molar-refractivity contribution < 1.29 is 112 Å². The van der Waals surface area contributed by atoms with E-state index in [-0.39, 0.29) is 41.3 Å². The van der Waals surface area contributed by atoms with Crippen LogP contribution < -0.4 is 0 Å². The summed E-state index contributed by atoms with van der Waals surface area (Å²) in [5.41, 5.74) is 0. The van der Waals surface area contributed by atoms with Crippen LogP contribution in [0.3, 0.4) is 0 Å². The summed E-state index contributed by atoms with van der Waals surface area (Å²) in [7, 11) is -16.8. The molecule has 23 heteroatoms. The van der Waals surface area contributed by atoms with E-state index in [2.05, 4.69) is 98.9 Å². The highest BCUT2D eigenvalue weighted by Gasteiger charge is 2.56. The number of esters is 2. The number of carbonyl (C=O) groups excluding carboxylic acids is 2. The Hall–Kier alpha value is -4.02. The molecule has 0 amide bonds. The Kier molecular flexibility index (Phi) is 32.2. The van der Waals surface area contributed by atoms with E-state index in [9.17, 15) is 63.1 Å². The van der Waals surface area contributed by atoms with Crippen molar-refractivity contribution in [2.45, 2.75) is 140 Å². The van der Waals surface area contributed by atoms with E-state index in [0.717, 1.165) is 25.7 Å². The largest absolute Gasteiger partial charge is 0.472 e. The van der Waals surface area contributed by atoms with Gasteiger partial charge in [-0.2, -0.15) is 13.5 Å². The van der Waals surface area contributed by atoms with Crippen molar-refractivity contribution >= 4 is 48.9 Å². The van der Waals surface area contributed by atoms with Gasteiger partial charge >= 0.3 is 35.4 Å². The summed E-state index contributed by atoms with van der Waals surface area (Å²) in [5.74, 6) is 32.5. The van der Waals surface area contributed by atoms with Crippen LogP contribution in [0, 0.1) is 95.2 Å². The molecule has 1 aliphatic rings. The smallest absolute Gasteiger partial charge is 0.456 e. The van der Waals surface area contributed by atoms with Gasteiger partial charge < -0.3 is 49.3 Å². The number of phosphoric acid groups is 3. The number of terminal acetylenes is 1. The number of ether oxygens (including phenoxy) is 2. The monoisotopic (exact) mass is 1020 g/mol. The molecule has 1 aliphatic carbocycles. The molecule has 0 bridgehead atoms. The van der Waals surface area contributed by atoms with Gasteiger partial charge in [0.15, 0.2) is 6.10 Å². The summed E-state index contributed by atoms with van der Waals surface area (Å²) in [6.45, 7) is 0.344. The summed E-state index contributed by atoms with van der Waals surface area (Å²) in [4.78, 5) is 72.5. The van der Waals surface area contributed by atoms with Crippen LogP contribution in [0.15, 0.2) is 0 Å². The lowest BCUT2D eigenvalue weighted by atomic mass is 9.85. The maximum absolute atomic E-state index is 13.0. The second-order valence-electron chi connectivity index (χ2n) is 13.5. The first kappa shape index (κ1) is 61.0. The second-order valence-corrected chi connectivity index (χ2v) is 17.3. The molecule has 0 spiro atoms. The Labute approximate surface area is 408 Å². The lowest BCUT2D eigenvalue weighted by molar-refractivity contribution is -0.213. The average Bonchev–Trinajstić information content (AvgIpc) is 3.22. The highest BCUT2D eigenvalue weighted by atomic mass is 32.1. The van der Waals surface area contributed by atoms with Gasteiger partial charge in [-0.1, -0.05) is 84.0 Å². The zero-order valence-electron chi connectivity index (χ0n) is 35.3. The molecule has 4 unspecified atom stereocenters. The SMILES string of the molecule is C#CC#CC#CC#CC#CC#CC#CC#CC(=O)OC[C@H](COP(=O)(O)OC1C(O)[C@H](O)[C@H](OP(=O)(O)O)C(OP(=O)(O)O)[C@@H]1O)OC(=O)CCCCCCCCCCCCCCC.S.[HH].[HH].[HH].[HH].[HH].[HH].[HH].[HH].[HH].[HH].[HH].[HH].[HH].[HH].[HH]. The number of hydrogen-bond donors (Lipinski definition) is 8. The first-order valence-corrected chi connectivity index (χ1v) is 24.4. The molecule has 1 rings (SSSR count). The third kappa shape index (κ3) is 30.7. The first-order chi connectivity index (χ1) is 30.3. The Balaban J connectivity index is -0.000000183. The molecule has 0 aromatic rings. The number of aliphatic hydroxyl groups excluding tert-OH is 3. The van der Waals surface area contributed by atoms with Crippen LogP contribution in [-0.4, -0.2) is 108 Å². The van der Waals surface area contributed by atoms with Gasteiger partial charge in [0.05, 0.1) is 6.61 Å². The van der Waals surface area contributed by atoms with Crippen molar-refractivity contribution in [3.8, 4) is 95.2 Å². The topological polar surface area (TPSA) is 303 Å². The fourth-order valence-corrected chi connectivity index (χ4v) is 7.63. The molecule has 8 N–H and O–H groups in total. The van der Waals surface area contributed by atoms with Gasteiger partial charge in [0.2, 0.25) is 0 Å². The number of phosphoric ester groups is 3. The standard InChI is InChI=1S/C42H51O19P3.H2S.15H2/c1-3-5-7-9-11-13-15-17-19-20-22-24-26-28-30-35(43)56-32-34(58-36(44)31-29-27-25-23-21-18-16-14-12-10-8-6-4-2)33-57-64(54,55)61-40-37(45)38(46)41(59-62(48,49)50)42(39(40)47)60-63(51,52)53;;;;;;;;;;;;;;;;/h1,34,37-42,45-47H,4,6,8,10,12,14,16,18,21,23,25,27,29,31-33H2,2H3,(H,54,55)(H2,48,49,50)(H2,51,52,53);1H2;15*1H/t34-,37?,38+,39-,40?,41+,42?;;;;;;;;;;;;;;;;/m1................/s1.